The van der Waals surface area contributed by atoms with Crippen LogP contribution in [0.1, 0.15) is 18.6 Å². The number of rotatable bonds is 1. The van der Waals surface area contributed by atoms with Crippen molar-refractivity contribution in [2.24, 2.45) is 0 Å². The summed E-state index contributed by atoms with van der Waals surface area (Å²) in [4.78, 5) is 0. The van der Waals surface area contributed by atoms with E-state index in [4.69, 9.17) is 16.0 Å². The number of furan rings is 1. The van der Waals surface area contributed by atoms with Crippen LogP contribution in [0.15, 0.2) is 16.5 Å². The third kappa shape index (κ3) is 1.73. The molecule has 0 aliphatic carbocycles. The zero-order valence-electron chi connectivity index (χ0n) is 7.22. The highest BCUT2D eigenvalue weighted by atomic mass is 35.5. The second kappa shape index (κ2) is 3.33. The molecular weight excluding hydrogens is 190 g/mol. The topological polar surface area (TPSA) is 45.4 Å². The molecule has 1 fully saturated rings. The van der Waals surface area contributed by atoms with E-state index in [-0.39, 0.29) is 0 Å². The molecule has 72 valence electrons. The van der Waals surface area contributed by atoms with Gasteiger partial charge in [-0.15, -0.1) is 0 Å². The van der Waals surface area contributed by atoms with Gasteiger partial charge in [-0.3, -0.25) is 0 Å². The third-order valence-corrected chi connectivity index (χ3v) is 2.60. The van der Waals surface area contributed by atoms with Crippen molar-refractivity contribution >= 4 is 11.6 Å². The molecule has 0 radical (unpaired) electrons. The van der Waals surface area contributed by atoms with Gasteiger partial charge in [-0.1, -0.05) is 0 Å². The van der Waals surface area contributed by atoms with Gasteiger partial charge < -0.3 is 14.8 Å². The van der Waals surface area contributed by atoms with Crippen LogP contribution in [0.25, 0.3) is 0 Å². The maximum Gasteiger partial charge on any atom is 0.193 e. The summed E-state index contributed by atoms with van der Waals surface area (Å²) in [6.07, 6.45) is 1.68. The van der Waals surface area contributed by atoms with Crippen molar-refractivity contribution in [3.8, 4) is 0 Å². The average molecular weight is 202 g/mol. The van der Waals surface area contributed by atoms with Crippen LogP contribution in [0.4, 0.5) is 0 Å². The van der Waals surface area contributed by atoms with E-state index in [0.29, 0.717) is 17.5 Å². The number of hydrogen-bond acceptors (Lipinski definition) is 3. The Morgan fingerprint density at radius 2 is 2.38 bits per heavy atom. The van der Waals surface area contributed by atoms with E-state index in [1.807, 2.05) is 0 Å². The lowest BCUT2D eigenvalue weighted by Crippen LogP contribution is -2.42. The monoisotopic (exact) mass is 201 g/mol. The molecule has 1 aromatic rings. The highest BCUT2D eigenvalue weighted by molar-refractivity contribution is 6.28. The van der Waals surface area contributed by atoms with Crippen molar-refractivity contribution in [1.82, 2.24) is 5.32 Å². The summed E-state index contributed by atoms with van der Waals surface area (Å²) in [5.74, 6) is 0.560. The summed E-state index contributed by atoms with van der Waals surface area (Å²) in [5.41, 5.74) is -0.870. The number of aliphatic hydroxyl groups is 1. The first-order valence-corrected chi connectivity index (χ1v) is 4.77. The number of halogens is 1. The second-order valence-electron chi connectivity index (χ2n) is 3.42. The second-order valence-corrected chi connectivity index (χ2v) is 3.79. The lowest BCUT2D eigenvalue weighted by Gasteiger charge is -2.30. The molecule has 0 saturated carbocycles. The van der Waals surface area contributed by atoms with E-state index < -0.39 is 5.60 Å². The zero-order valence-corrected chi connectivity index (χ0v) is 7.97. The van der Waals surface area contributed by atoms with Crippen molar-refractivity contribution in [3.05, 3.63) is 23.1 Å². The number of piperidine rings is 1. The minimum atomic E-state index is -0.870. The Labute approximate surface area is 81.7 Å². The molecule has 0 aromatic carbocycles. The Morgan fingerprint density at radius 3 is 2.92 bits per heavy atom. The van der Waals surface area contributed by atoms with Crippen LogP contribution in [0, 0.1) is 0 Å². The van der Waals surface area contributed by atoms with Crippen LogP contribution < -0.4 is 5.32 Å². The van der Waals surface area contributed by atoms with Crippen LogP contribution >= 0.6 is 11.6 Å². The molecule has 1 atom stereocenters. The first-order valence-electron chi connectivity index (χ1n) is 4.40. The Bertz CT molecular complexity index is 292. The van der Waals surface area contributed by atoms with Gasteiger partial charge in [0, 0.05) is 6.54 Å². The van der Waals surface area contributed by atoms with Crippen LogP contribution in [-0.2, 0) is 5.60 Å². The van der Waals surface area contributed by atoms with E-state index in [1.54, 1.807) is 12.1 Å². The van der Waals surface area contributed by atoms with E-state index in [2.05, 4.69) is 5.32 Å². The maximum absolute atomic E-state index is 10.1. The zero-order chi connectivity index (χ0) is 9.31. The van der Waals surface area contributed by atoms with Gasteiger partial charge in [-0.05, 0) is 43.1 Å². The first-order chi connectivity index (χ1) is 6.21. The SMILES string of the molecule is OC1(c2ccc(Cl)o2)CCCNC1. The minimum absolute atomic E-state index is 0.328. The minimum Gasteiger partial charge on any atom is -0.447 e. The van der Waals surface area contributed by atoms with Crippen molar-refractivity contribution in [3.63, 3.8) is 0 Å². The van der Waals surface area contributed by atoms with Crippen LogP contribution in [0.3, 0.4) is 0 Å². The molecule has 2 N–H and O–H groups in total. The number of β-amino-alcohol motifs (C(OH)–C–C–N with tert-alkyl or cyclic N) is 1. The third-order valence-electron chi connectivity index (χ3n) is 2.39. The summed E-state index contributed by atoms with van der Waals surface area (Å²) in [6, 6.07) is 3.39. The molecule has 0 spiro atoms. The standard InChI is InChI=1S/C9H12ClNO2/c10-8-3-2-7(13-8)9(12)4-1-5-11-6-9/h2-3,11-12H,1,4-6H2. The van der Waals surface area contributed by atoms with Crippen LogP contribution in [-0.4, -0.2) is 18.2 Å². The van der Waals surface area contributed by atoms with Crippen molar-refractivity contribution < 1.29 is 9.52 Å². The highest BCUT2D eigenvalue weighted by Gasteiger charge is 2.34. The molecule has 0 amide bonds. The lowest BCUT2D eigenvalue weighted by atomic mass is 9.92. The van der Waals surface area contributed by atoms with Gasteiger partial charge in [0.15, 0.2) is 5.22 Å². The van der Waals surface area contributed by atoms with Gasteiger partial charge in [-0.25, -0.2) is 0 Å². The van der Waals surface area contributed by atoms with Gasteiger partial charge in [0.1, 0.15) is 11.4 Å². The average Bonchev–Trinajstić information content (AvgIpc) is 2.54. The van der Waals surface area contributed by atoms with Gasteiger partial charge in [0.05, 0.1) is 0 Å². The molecule has 1 unspecified atom stereocenters. The molecule has 2 rings (SSSR count). The largest absolute Gasteiger partial charge is 0.447 e. The molecule has 1 saturated heterocycles. The normalized spacial score (nSPS) is 29.1. The molecule has 4 heteroatoms. The predicted molar refractivity (Wildman–Crippen MR) is 49.7 cm³/mol. The molecule has 1 aromatic heterocycles. The predicted octanol–water partition coefficient (Wildman–Crippen LogP) is 1.50. The molecule has 3 nitrogen and oxygen atoms in total. The first kappa shape index (κ1) is 9.06. The molecule has 1 aliphatic rings. The van der Waals surface area contributed by atoms with Crippen molar-refractivity contribution in [2.45, 2.75) is 18.4 Å². The Kier molecular flexibility index (Phi) is 2.32. The maximum atomic E-state index is 10.1. The summed E-state index contributed by atoms with van der Waals surface area (Å²) in [5, 5.41) is 13.6. The van der Waals surface area contributed by atoms with Gasteiger partial charge in [-0.2, -0.15) is 0 Å². The molecule has 13 heavy (non-hydrogen) atoms. The Morgan fingerprint density at radius 1 is 1.54 bits per heavy atom. The highest BCUT2D eigenvalue weighted by Crippen LogP contribution is 2.30. The molecule has 2 heterocycles. The molecule has 0 bridgehead atoms. The van der Waals surface area contributed by atoms with Crippen molar-refractivity contribution in [2.75, 3.05) is 13.1 Å². The van der Waals surface area contributed by atoms with E-state index in [9.17, 15) is 5.11 Å². The quantitative estimate of drug-likeness (QED) is 0.724. The summed E-state index contributed by atoms with van der Waals surface area (Å²) in [6.45, 7) is 1.49. The van der Waals surface area contributed by atoms with Gasteiger partial charge in [0.2, 0.25) is 0 Å². The smallest absolute Gasteiger partial charge is 0.193 e. The molecular formula is C9H12ClNO2. The Balaban J connectivity index is 2.22. The molecule has 1 aliphatic heterocycles. The van der Waals surface area contributed by atoms with E-state index in [0.717, 1.165) is 19.4 Å². The lowest BCUT2D eigenvalue weighted by molar-refractivity contribution is -0.00731. The van der Waals surface area contributed by atoms with Gasteiger partial charge in [0.25, 0.3) is 0 Å². The fourth-order valence-corrected chi connectivity index (χ4v) is 1.81. The fourth-order valence-electron chi connectivity index (χ4n) is 1.66. The van der Waals surface area contributed by atoms with E-state index in [1.165, 1.54) is 0 Å². The van der Waals surface area contributed by atoms with Crippen LogP contribution in [0.5, 0.6) is 0 Å². The fraction of sp³-hybridized carbons (Fsp3) is 0.556. The van der Waals surface area contributed by atoms with Gasteiger partial charge >= 0.3 is 0 Å². The number of nitrogens with one attached hydrogen (secondary N) is 1. The van der Waals surface area contributed by atoms with Crippen LogP contribution in [0.2, 0.25) is 5.22 Å². The number of hydrogen-bond donors (Lipinski definition) is 2. The summed E-state index contributed by atoms with van der Waals surface area (Å²) < 4.78 is 5.20. The van der Waals surface area contributed by atoms with E-state index >= 15 is 0 Å². The van der Waals surface area contributed by atoms with Crippen molar-refractivity contribution in [1.29, 1.82) is 0 Å². The summed E-state index contributed by atoms with van der Waals surface area (Å²) in [7, 11) is 0. The Hall–Kier alpha value is -0.510. The summed E-state index contributed by atoms with van der Waals surface area (Å²) >= 11 is 5.64.